The molecule has 0 aromatic rings. The molecule has 1 saturated heterocycles. The topological polar surface area (TPSA) is 38.3 Å². The highest BCUT2D eigenvalue weighted by Gasteiger charge is 2.54. The third kappa shape index (κ3) is 2.42. The van der Waals surface area contributed by atoms with Gasteiger partial charge in [0.2, 0.25) is 0 Å². The largest absolute Gasteiger partial charge is 0.468 e. The predicted molar refractivity (Wildman–Crippen MR) is 75.9 cm³/mol. The van der Waals surface area contributed by atoms with Crippen LogP contribution in [-0.2, 0) is 9.53 Å². The molecule has 2 aliphatic rings. The SMILES string of the molecule is COC(=O)C1(NC2CCCC2)CSCCC1(C)C. The van der Waals surface area contributed by atoms with E-state index in [1.807, 2.05) is 11.8 Å². The summed E-state index contributed by atoms with van der Waals surface area (Å²) in [4.78, 5) is 12.4. The fourth-order valence-corrected chi connectivity index (χ4v) is 4.88. The molecule has 0 radical (unpaired) electrons. The zero-order chi connectivity index (χ0) is 13.2. The zero-order valence-corrected chi connectivity index (χ0v) is 12.6. The lowest BCUT2D eigenvalue weighted by atomic mass is 9.70. The molecule has 3 nitrogen and oxygen atoms in total. The Balaban J connectivity index is 2.23. The number of carbonyl (C=O) groups is 1. The minimum Gasteiger partial charge on any atom is -0.468 e. The minimum absolute atomic E-state index is 0.0338. The van der Waals surface area contributed by atoms with Gasteiger partial charge in [0.25, 0.3) is 0 Å². The van der Waals surface area contributed by atoms with Gasteiger partial charge in [-0.2, -0.15) is 11.8 Å². The second-order valence-electron chi connectivity index (χ2n) is 6.21. The van der Waals surface area contributed by atoms with Gasteiger partial charge in [-0.15, -0.1) is 0 Å². The molecule has 1 atom stereocenters. The Morgan fingerprint density at radius 1 is 1.33 bits per heavy atom. The van der Waals surface area contributed by atoms with Crippen molar-refractivity contribution in [1.29, 1.82) is 0 Å². The van der Waals surface area contributed by atoms with Gasteiger partial charge in [-0.1, -0.05) is 26.7 Å². The average molecular weight is 271 g/mol. The van der Waals surface area contributed by atoms with E-state index in [0.717, 1.165) is 17.9 Å². The number of esters is 1. The van der Waals surface area contributed by atoms with Crippen LogP contribution in [0, 0.1) is 5.41 Å². The second kappa shape index (κ2) is 5.41. The van der Waals surface area contributed by atoms with Crippen LogP contribution < -0.4 is 5.32 Å². The van der Waals surface area contributed by atoms with Gasteiger partial charge in [0.1, 0.15) is 5.54 Å². The van der Waals surface area contributed by atoms with Crippen molar-refractivity contribution < 1.29 is 9.53 Å². The van der Waals surface area contributed by atoms with Gasteiger partial charge >= 0.3 is 5.97 Å². The highest BCUT2D eigenvalue weighted by molar-refractivity contribution is 7.99. The fourth-order valence-electron chi connectivity index (χ4n) is 3.19. The predicted octanol–water partition coefficient (Wildman–Crippen LogP) is 2.59. The van der Waals surface area contributed by atoms with E-state index in [4.69, 9.17) is 4.74 Å². The van der Waals surface area contributed by atoms with Crippen molar-refractivity contribution in [2.24, 2.45) is 5.41 Å². The molecule has 1 aliphatic carbocycles. The van der Waals surface area contributed by atoms with Gasteiger partial charge in [-0.25, -0.2) is 0 Å². The van der Waals surface area contributed by atoms with Gasteiger partial charge < -0.3 is 4.74 Å². The molecule has 104 valence electrons. The molecule has 18 heavy (non-hydrogen) atoms. The monoisotopic (exact) mass is 271 g/mol. The highest BCUT2D eigenvalue weighted by atomic mass is 32.2. The van der Waals surface area contributed by atoms with Crippen molar-refractivity contribution in [2.45, 2.75) is 57.5 Å². The Morgan fingerprint density at radius 3 is 2.56 bits per heavy atom. The van der Waals surface area contributed by atoms with Crippen LogP contribution in [0.2, 0.25) is 0 Å². The summed E-state index contributed by atoms with van der Waals surface area (Å²) in [5, 5.41) is 3.68. The molecule has 1 saturated carbocycles. The smallest absolute Gasteiger partial charge is 0.327 e. The molecular weight excluding hydrogens is 246 g/mol. The van der Waals surface area contributed by atoms with E-state index in [1.54, 1.807) is 0 Å². The summed E-state index contributed by atoms with van der Waals surface area (Å²) < 4.78 is 5.12. The molecule has 0 amide bonds. The standard InChI is InChI=1S/C14H25NO2S/c1-13(2)8-9-18-10-14(13,12(16)17-3)15-11-6-4-5-7-11/h11,15H,4-10H2,1-3H3. The molecule has 1 aliphatic heterocycles. The lowest BCUT2D eigenvalue weighted by Crippen LogP contribution is -2.67. The molecule has 0 bridgehead atoms. The van der Waals surface area contributed by atoms with E-state index in [9.17, 15) is 4.79 Å². The molecule has 1 heterocycles. The van der Waals surface area contributed by atoms with Crippen LogP contribution in [0.5, 0.6) is 0 Å². The summed E-state index contributed by atoms with van der Waals surface area (Å²) in [7, 11) is 1.51. The van der Waals surface area contributed by atoms with Crippen LogP contribution in [0.15, 0.2) is 0 Å². The van der Waals surface area contributed by atoms with Gasteiger partial charge in [-0.3, -0.25) is 10.1 Å². The van der Waals surface area contributed by atoms with Crippen LogP contribution in [-0.4, -0.2) is 36.2 Å². The molecule has 2 rings (SSSR count). The lowest BCUT2D eigenvalue weighted by Gasteiger charge is -2.49. The number of hydrogen-bond acceptors (Lipinski definition) is 4. The van der Waals surface area contributed by atoms with Crippen molar-refractivity contribution in [2.75, 3.05) is 18.6 Å². The van der Waals surface area contributed by atoms with E-state index >= 15 is 0 Å². The molecule has 2 fully saturated rings. The molecule has 0 spiro atoms. The Hall–Kier alpha value is -0.220. The van der Waals surface area contributed by atoms with Crippen LogP contribution in [0.25, 0.3) is 0 Å². The van der Waals surface area contributed by atoms with Crippen molar-refractivity contribution in [1.82, 2.24) is 5.32 Å². The molecule has 4 heteroatoms. The van der Waals surface area contributed by atoms with Crippen molar-refractivity contribution in [3.05, 3.63) is 0 Å². The summed E-state index contributed by atoms with van der Waals surface area (Å²) in [6.07, 6.45) is 6.01. The Morgan fingerprint density at radius 2 is 2.00 bits per heavy atom. The van der Waals surface area contributed by atoms with Crippen molar-refractivity contribution >= 4 is 17.7 Å². The number of hydrogen-bond donors (Lipinski definition) is 1. The maximum atomic E-state index is 12.4. The average Bonchev–Trinajstić information content (AvgIpc) is 2.83. The van der Waals surface area contributed by atoms with E-state index in [0.29, 0.717) is 6.04 Å². The maximum absolute atomic E-state index is 12.4. The first-order valence-electron chi connectivity index (χ1n) is 6.96. The Bertz CT molecular complexity index is 313. The van der Waals surface area contributed by atoms with Crippen molar-refractivity contribution in [3.63, 3.8) is 0 Å². The van der Waals surface area contributed by atoms with E-state index in [2.05, 4.69) is 19.2 Å². The molecule has 0 aromatic heterocycles. The van der Waals surface area contributed by atoms with Crippen LogP contribution in [0.4, 0.5) is 0 Å². The first kappa shape index (κ1) is 14.2. The quantitative estimate of drug-likeness (QED) is 0.801. The van der Waals surface area contributed by atoms with Gasteiger partial charge in [0.05, 0.1) is 7.11 Å². The summed E-state index contributed by atoms with van der Waals surface area (Å²) in [5.74, 6) is 1.90. The van der Waals surface area contributed by atoms with Crippen LogP contribution >= 0.6 is 11.8 Å². The van der Waals surface area contributed by atoms with Crippen molar-refractivity contribution in [3.8, 4) is 0 Å². The normalized spacial score (nSPS) is 32.4. The van der Waals surface area contributed by atoms with E-state index in [-0.39, 0.29) is 11.4 Å². The Kier molecular flexibility index (Phi) is 4.27. The number of nitrogens with one attached hydrogen (secondary N) is 1. The first-order valence-corrected chi connectivity index (χ1v) is 8.11. The number of ether oxygens (including phenoxy) is 1. The molecule has 0 aromatic carbocycles. The van der Waals surface area contributed by atoms with Crippen LogP contribution in [0.3, 0.4) is 0 Å². The highest BCUT2D eigenvalue weighted by Crippen LogP contribution is 2.44. The zero-order valence-electron chi connectivity index (χ0n) is 11.8. The number of thioether (sulfide) groups is 1. The van der Waals surface area contributed by atoms with E-state index < -0.39 is 5.54 Å². The van der Waals surface area contributed by atoms with Gasteiger partial charge in [0.15, 0.2) is 0 Å². The summed E-state index contributed by atoms with van der Waals surface area (Å²) in [6.45, 7) is 4.40. The number of methoxy groups -OCH3 is 1. The van der Waals surface area contributed by atoms with E-state index in [1.165, 1.54) is 32.8 Å². The van der Waals surface area contributed by atoms with Gasteiger partial charge in [0, 0.05) is 11.8 Å². The second-order valence-corrected chi connectivity index (χ2v) is 7.31. The van der Waals surface area contributed by atoms with Gasteiger partial charge in [-0.05, 0) is 30.4 Å². The molecular formula is C14H25NO2S. The third-order valence-corrected chi connectivity index (χ3v) is 5.81. The lowest BCUT2D eigenvalue weighted by molar-refractivity contribution is -0.153. The summed E-state index contributed by atoms with van der Waals surface area (Å²) in [6, 6.07) is 0.488. The number of rotatable bonds is 3. The maximum Gasteiger partial charge on any atom is 0.327 e. The summed E-state index contributed by atoms with van der Waals surface area (Å²) >= 11 is 1.87. The molecule has 1 N–H and O–H groups in total. The first-order chi connectivity index (χ1) is 8.52. The molecule has 1 unspecified atom stereocenters. The minimum atomic E-state index is -0.500. The number of carbonyl (C=O) groups excluding carboxylic acids is 1. The fraction of sp³-hybridized carbons (Fsp3) is 0.929. The third-order valence-electron chi connectivity index (χ3n) is 4.68. The van der Waals surface area contributed by atoms with Crippen LogP contribution in [0.1, 0.15) is 46.0 Å². The summed E-state index contributed by atoms with van der Waals surface area (Å²) in [5.41, 5.74) is -0.534. The Labute approximate surface area is 114 Å².